The molecule has 1 aliphatic carbocycles. The minimum atomic E-state index is -0.471. The van der Waals surface area contributed by atoms with Gasteiger partial charge in [-0.15, -0.1) is 0 Å². The highest BCUT2D eigenvalue weighted by Gasteiger charge is 2.33. The van der Waals surface area contributed by atoms with Crippen LogP contribution < -0.4 is 0 Å². The summed E-state index contributed by atoms with van der Waals surface area (Å²) in [4.78, 5) is 25.6. The van der Waals surface area contributed by atoms with Crippen molar-refractivity contribution in [1.29, 1.82) is 0 Å². The average Bonchev–Trinajstić information content (AvgIpc) is 2.95. The second-order valence-electron chi connectivity index (χ2n) is 7.70. The summed E-state index contributed by atoms with van der Waals surface area (Å²) in [6.07, 6.45) is 4.24. The molecule has 0 aromatic rings. The molecule has 0 bridgehead atoms. The standard InChI is InChI=1S/C18H31NO5/c1-5-22-16(20)13-6-8-14(9-7-13)23-15-10-11-19(12-15)17(21)24-18(2,3)4/h13-15H,5-12H2,1-4H3/t13?,14?,15-/m1/s1. The van der Waals surface area contributed by atoms with Crippen LogP contribution in [0.1, 0.15) is 59.8 Å². The van der Waals surface area contributed by atoms with Crippen LogP contribution in [0.25, 0.3) is 0 Å². The van der Waals surface area contributed by atoms with Crippen molar-refractivity contribution >= 4 is 12.1 Å². The molecular formula is C18H31NO5. The van der Waals surface area contributed by atoms with Crippen molar-refractivity contribution in [2.24, 2.45) is 5.92 Å². The molecule has 0 unspecified atom stereocenters. The molecule has 1 amide bonds. The molecule has 1 saturated carbocycles. The Hall–Kier alpha value is -1.30. The highest BCUT2D eigenvalue weighted by atomic mass is 16.6. The summed E-state index contributed by atoms with van der Waals surface area (Å²) in [6, 6.07) is 0. The van der Waals surface area contributed by atoms with E-state index in [2.05, 4.69) is 0 Å². The third-order valence-electron chi connectivity index (χ3n) is 4.48. The van der Waals surface area contributed by atoms with Crippen LogP contribution in [0.3, 0.4) is 0 Å². The molecule has 0 radical (unpaired) electrons. The monoisotopic (exact) mass is 341 g/mol. The Morgan fingerprint density at radius 3 is 2.29 bits per heavy atom. The van der Waals surface area contributed by atoms with Crippen molar-refractivity contribution in [3.05, 3.63) is 0 Å². The van der Waals surface area contributed by atoms with Gasteiger partial charge in [0.25, 0.3) is 0 Å². The first-order chi connectivity index (χ1) is 11.3. The second kappa shape index (κ2) is 8.19. The minimum Gasteiger partial charge on any atom is -0.466 e. The van der Waals surface area contributed by atoms with E-state index in [1.165, 1.54) is 0 Å². The Labute approximate surface area is 144 Å². The number of carbonyl (C=O) groups excluding carboxylic acids is 2. The van der Waals surface area contributed by atoms with Crippen LogP contribution in [0.2, 0.25) is 0 Å². The zero-order valence-electron chi connectivity index (χ0n) is 15.4. The van der Waals surface area contributed by atoms with Gasteiger partial charge >= 0.3 is 12.1 Å². The highest BCUT2D eigenvalue weighted by Crippen LogP contribution is 2.29. The van der Waals surface area contributed by atoms with Gasteiger partial charge in [-0.3, -0.25) is 4.79 Å². The molecule has 6 heteroatoms. The summed E-state index contributed by atoms with van der Waals surface area (Å²) in [5, 5.41) is 0. The van der Waals surface area contributed by atoms with Crippen LogP contribution >= 0.6 is 0 Å². The highest BCUT2D eigenvalue weighted by molar-refractivity contribution is 5.72. The molecule has 2 fully saturated rings. The van der Waals surface area contributed by atoms with Gasteiger partial charge in [0.2, 0.25) is 0 Å². The number of rotatable bonds is 4. The lowest BCUT2D eigenvalue weighted by Gasteiger charge is -2.29. The Morgan fingerprint density at radius 1 is 1.04 bits per heavy atom. The number of likely N-dealkylation sites (tertiary alicyclic amines) is 1. The van der Waals surface area contributed by atoms with Gasteiger partial charge in [0.05, 0.1) is 31.3 Å². The molecule has 1 aliphatic heterocycles. The van der Waals surface area contributed by atoms with Gasteiger partial charge in [-0.25, -0.2) is 4.79 Å². The number of amides is 1. The van der Waals surface area contributed by atoms with E-state index >= 15 is 0 Å². The van der Waals surface area contributed by atoms with Gasteiger partial charge in [-0.05, 0) is 59.8 Å². The van der Waals surface area contributed by atoms with E-state index in [9.17, 15) is 9.59 Å². The van der Waals surface area contributed by atoms with Crippen molar-refractivity contribution < 1.29 is 23.8 Å². The van der Waals surface area contributed by atoms with E-state index in [0.29, 0.717) is 19.7 Å². The van der Waals surface area contributed by atoms with Gasteiger partial charge in [0.15, 0.2) is 0 Å². The first-order valence-corrected chi connectivity index (χ1v) is 9.08. The molecular weight excluding hydrogens is 310 g/mol. The maximum atomic E-state index is 12.1. The van der Waals surface area contributed by atoms with E-state index in [4.69, 9.17) is 14.2 Å². The van der Waals surface area contributed by atoms with Crippen LogP contribution in [0.15, 0.2) is 0 Å². The fraction of sp³-hybridized carbons (Fsp3) is 0.889. The molecule has 0 N–H and O–H groups in total. The van der Waals surface area contributed by atoms with Crippen molar-refractivity contribution in [2.75, 3.05) is 19.7 Å². The third kappa shape index (κ3) is 5.65. The van der Waals surface area contributed by atoms with Gasteiger partial charge in [0, 0.05) is 6.54 Å². The first-order valence-electron chi connectivity index (χ1n) is 9.08. The zero-order valence-corrected chi connectivity index (χ0v) is 15.4. The zero-order chi connectivity index (χ0) is 17.7. The lowest BCUT2D eigenvalue weighted by molar-refractivity contribution is -0.150. The molecule has 1 saturated heterocycles. The van der Waals surface area contributed by atoms with Crippen molar-refractivity contribution in [1.82, 2.24) is 4.90 Å². The molecule has 0 aromatic carbocycles. The Balaban J connectivity index is 1.71. The predicted molar refractivity (Wildman–Crippen MR) is 89.7 cm³/mol. The van der Waals surface area contributed by atoms with E-state index < -0.39 is 5.60 Å². The van der Waals surface area contributed by atoms with Gasteiger partial charge in [0.1, 0.15) is 5.60 Å². The fourth-order valence-corrected chi connectivity index (χ4v) is 3.30. The molecule has 0 aromatic heterocycles. The van der Waals surface area contributed by atoms with Crippen molar-refractivity contribution in [3.8, 4) is 0 Å². The SMILES string of the molecule is CCOC(=O)C1CCC(O[C@@H]2CCN(C(=O)OC(C)(C)C)C2)CC1. The molecule has 6 nitrogen and oxygen atoms in total. The number of hydrogen-bond donors (Lipinski definition) is 0. The van der Waals surface area contributed by atoms with Crippen molar-refractivity contribution in [3.63, 3.8) is 0 Å². The van der Waals surface area contributed by atoms with Crippen LogP contribution in [-0.2, 0) is 19.0 Å². The normalized spacial score (nSPS) is 27.8. The predicted octanol–water partition coefficient (Wildman–Crippen LogP) is 3.13. The summed E-state index contributed by atoms with van der Waals surface area (Å²) in [7, 11) is 0. The number of ether oxygens (including phenoxy) is 3. The van der Waals surface area contributed by atoms with Crippen LogP contribution in [0, 0.1) is 5.92 Å². The van der Waals surface area contributed by atoms with Crippen LogP contribution in [0.5, 0.6) is 0 Å². The summed E-state index contributed by atoms with van der Waals surface area (Å²) in [5.41, 5.74) is -0.471. The summed E-state index contributed by atoms with van der Waals surface area (Å²) < 4.78 is 16.6. The molecule has 1 atom stereocenters. The third-order valence-corrected chi connectivity index (χ3v) is 4.48. The minimum absolute atomic E-state index is 0.0200. The molecule has 138 valence electrons. The Bertz CT molecular complexity index is 437. The van der Waals surface area contributed by atoms with Crippen LogP contribution in [-0.4, -0.2) is 54.5 Å². The number of hydrogen-bond acceptors (Lipinski definition) is 5. The summed E-state index contributed by atoms with van der Waals surface area (Å²) in [6.45, 7) is 9.16. The Kier molecular flexibility index (Phi) is 6.49. The van der Waals surface area contributed by atoms with Gasteiger partial charge in [-0.2, -0.15) is 0 Å². The second-order valence-corrected chi connectivity index (χ2v) is 7.70. The van der Waals surface area contributed by atoms with Crippen molar-refractivity contribution in [2.45, 2.75) is 77.6 Å². The first kappa shape index (κ1) is 19.0. The molecule has 0 spiro atoms. The largest absolute Gasteiger partial charge is 0.466 e. The smallest absolute Gasteiger partial charge is 0.410 e. The Morgan fingerprint density at radius 2 is 1.71 bits per heavy atom. The average molecular weight is 341 g/mol. The van der Waals surface area contributed by atoms with E-state index in [0.717, 1.165) is 32.1 Å². The van der Waals surface area contributed by atoms with Crippen LogP contribution in [0.4, 0.5) is 4.79 Å². The van der Waals surface area contributed by atoms with Gasteiger partial charge < -0.3 is 19.1 Å². The number of carbonyl (C=O) groups is 2. The maximum absolute atomic E-state index is 12.1. The molecule has 2 rings (SSSR count). The van der Waals surface area contributed by atoms with E-state index in [1.807, 2.05) is 27.7 Å². The lowest BCUT2D eigenvalue weighted by atomic mass is 9.87. The fourth-order valence-electron chi connectivity index (χ4n) is 3.30. The lowest BCUT2D eigenvalue weighted by Crippen LogP contribution is -2.37. The molecule has 1 heterocycles. The quantitative estimate of drug-likeness (QED) is 0.735. The topological polar surface area (TPSA) is 65.1 Å². The van der Waals surface area contributed by atoms with E-state index in [-0.39, 0.29) is 30.2 Å². The van der Waals surface area contributed by atoms with E-state index in [1.54, 1.807) is 4.90 Å². The number of nitrogens with zero attached hydrogens (tertiary/aromatic N) is 1. The number of esters is 1. The maximum Gasteiger partial charge on any atom is 0.410 e. The molecule has 2 aliphatic rings. The summed E-state index contributed by atoms with van der Waals surface area (Å²) in [5.74, 6) is -0.0560. The van der Waals surface area contributed by atoms with Gasteiger partial charge in [-0.1, -0.05) is 0 Å². The summed E-state index contributed by atoms with van der Waals surface area (Å²) >= 11 is 0. The molecule has 24 heavy (non-hydrogen) atoms.